The molecule has 1 N–H and O–H groups in total. The van der Waals surface area contributed by atoms with Gasteiger partial charge in [-0.3, -0.25) is 4.99 Å². The number of benzene rings is 1. The standard InChI is InChI=1S/C23H32N4O2S.HI/c1-24-23(25-11-6-9-22-26-18-7-4-5-8-21(18)30-22)27-12-10-16-13-19(28-2)20(29-3)14-17(16)15-27;/h13-14H,4-12,15H2,1-3H3,(H,24,25);1H. The Labute approximate surface area is 206 Å². The molecule has 6 nitrogen and oxygen atoms in total. The predicted octanol–water partition coefficient (Wildman–Crippen LogP) is 4.22. The first-order valence-corrected chi connectivity index (χ1v) is 11.7. The fourth-order valence-corrected chi connectivity index (χ4v) is 5.55. The van der Waals surface area contributed by atoms with Gasteiger partial charge < -0.3 is 19.7 Å². The summed E-state index contributed by atoms with van der Waals surface area (Å²) in [6, 6.07) is 4.20. The molecule has 2 aromatic rings. The third-order valence-corrected chi connectivity index (χ3v) is 7.19. The molecule has 4 rings (SSSR count). The van der Waals surface area contributed by atoms with Gasteiger partial charge in [0.1, 0.15) is 0 Å². The zero-order valence-electron chi connectivity index (χ0n) is 18.7. The number of guanidine groups is 1. The Kier molecular flexibility index (Phi) is 8.83. The van der Waals surface area contributed by atoms with Crippen molar-refractivity contribution in [1.29, 1.82) is 0 Å². The summed E-state index contributed by atoms with van der Waals surface area (Å²) < 4.78 is 10.9. The van der Waals surface area contributed by atoms with E-state index >= 15 is 0 Å². The number of fused-ring (bicyclic) bond motifs is 2. The summed E-state index contributed by atoms with van der Waals surface area (Å²) in [4.78, 5) is 13.2. The van der Waals surface area contributed by atoms with Crippen LogP contribution in [0.4, 0.5) is 0 Å². The fraction of sp³-hybridized carbons (Fsp3) is 0.565. The van der Waals surface area contributed by atoms with E-state index in [2.05, 4.69) is 27.3 Å². The molecule has 1 aliphatic carbocycles. The molecule has 2 heterocycles. The number of hydrogen-bond acceptors (Lipinski definition) is 5. The molecule has 1 aromatic carbocycles. The van der Waals surface area contributed by atoms with Crippen LogP contribution >= 0.6 is 35.3 Å². The smallest absolute Gasteiger partial charge is 0.193 e. The lowest BCUT2D eigenvalue weighted by molar-refractivity contribution is 0.346. The molecule has 31 heavy (non-hydrogen) atoms. The van der Waals surface area contributed by atoms with Gasteiger partial charge in [-0.05, 0) is 61.8 Å². The van der Waals surface area contributed by atoms with Gasteiger partial charge in [-0.25, -0.2) is 4.98 Å². The number of hydrogen-bond donors (Lipinski definition) is 1. The van der Waals surface area contributed by atoms with Crippen molar-refractivity contribution in [2.75, 3.05) is 34.4 Å². The van der Waals surface area contributed by atoms with Crippen molar-refractivity contribution in [2.45, 2.75) is 51.5 Å². The average molecular weight is 557 g/mol. The van der Waals surface area contributed by atoms with Crippen LogP contribution in [0.3, 0.4) is 0 Å². The van der Waals surface area contributed by atoms with E-state index in [-0.39, 0.29) is 24.0 Å². The average Bonchev–Trinajstić information content (AvgIpc) is 3.20. The van der Waals surface area contributed by atoms with Crippen LogP contribution in [0, 0.1) is 0 Å². The molecular formula is C23H33IN4O2S. The summed E-state index contributed by atoms with van der Waals surface area (Å²) in [5.74, 6) is 2.55. The zero-order valence-corrected chi connectivity index (χ0v) is 21.8. The number of nitrogens with zero attached hydrogens (tertiary/aromatic N) is 3. The van der Waals surface area contributed by atoms with E-state index in [1.165, 1.54) is 52.4 Å². The molecule has 1 aliphatic heterocycles. The Balaban J connectivity index is 0.00000272. The molecule has 0 saturated carbocycles. The normalized spacial score (nSPS) is 15.6. The third-order valence-electron chi connectivity index (χ3n) is 5.97. The van der Waals surface area contributed by atoms with Gasteiger partial charge >= 0.3 is 0 Å². The summed E-state index contributed by atoms with van der Waals surface area (Å²) in [5.41, 5.74) is 3.96. The highest BCUT2D eigenvalue weighted by Gasteiger charge is 2.21. The van der Waals surface area contributed by atoms with E-state index in [0.717, 1.165) is 56.4 Å². The fourth-order valence-electron chi connectivity index (χ4n) is 4.35. The molecule has 8 heteroatoms. The van der Waals surface area contributed by atoms with Crippen molar-refractivity contribution in [3.05, 3.63) is 38.8 Å². The molecule has 0 unspecified atom stereocenters. The maximum absolute atomic E-state index is 5.48. The number of ether oxygens (including phenoxy) is 2. The zero-order chi connectivity index (χ0) is 20.9. The number of aliphatic imine (C=N–C) groups is 1. The lowest BCUT2D eigenvalue weighted by atomic mass is 9.99. The predicted molar refractivity (Wildman–Crippen MR) is 138 cm³/mol. The summed E-state index contributed by atoms with van der Waals surface area (Å²) in [5, 5.41) is 4.85. The quantitative estimate of drug-likeness (QED) is 0.250. The number of aryl methyl sites for hydroxylation is 3. The highest BCUT2D eigenvalue weighted by Crippen LogP contribution is 2.33. The van der Waals surface area contributed by atoms with Crippen LogP contribution in [0.2, 0.25) is 0 Å². The molecule has 0 amide bonds. The lowest BCUT2D eigenvalue weighted by Gasteiger charge is -2.32. The van der Waals surface area contributed by atoms with Crippen LogP contribution in [-0.4, -0.2) is 50.2 Å². The van der Waals surface area contributed by atoms with Crippen molar-refractivity contribution in [2.24, 2.45) is 4.99 Å². The largest absolute Gasteiger partial charge is 0.493 e. The van der Waals surface area contributed by atoms with Gasteiger partial charge in [-0.15, -0.1) is 35.3 Å². The summed E-state index contributed by atoms with van der Waals surface area (Å²) in [6.45, 7) is 2.68. The summed E-state index contributed by atoms with van der Waals surface area (Å²) in [7, 11) is 5.23. The van der Waals surface area contributed by atoms with E-state index in [9.17, 15) is 0 Å². The van der Waals surface area contributed by atoms with E-state index in [1.54, 1.807) is 14.2 Å². The maximum Gasteiger partial charge on any atom is 0.193 e. The molecule has 170 valence electrons. The van der Waals surface area contributed by atoms with Crippen molar-refractivity contribution >= 4 is 41.3 Å². The van der Waals surface area contributed by atoms with E-state index < -0.39 is 0 Å². The number of methoxy groups -OCH3 is 2. The van der Waals surface area contributed by atoms with Crippen LogP contribution in [0.5, 0.6) is 11.5 Å². The minimum atomic E-state index is 0. The first-order chi connectivity index (χ1) is 14.7. The second-order valence-corrected chi connectivity index (χ2v) is 9.08. The van der Waals surface area contributed by atoms with Crippen molar-refractivity contribution in [3.8, 4) is 11.5 Å². The van der Waals surface area contributed by atoms with Crippen molar-refractivity contribution < 1.29 is 9.47 Å². The molecule has 0 atom stereocenters. The molecule has 1 aromatic heterocycles. The molecule has 0 saturated heterocycles. The van der Waals surface area contributed by atoms with E-state index in [0.29, 0.717) is 0 Å². The first-order valence-electron chi connectivity index (χ1n) is 10.9. The Morgan fingerprint density at radius 2 is 1.87 bits per heavy atom. The molecule has 0 bridgehead atoms. The van der Waals surface area contributed by atoms with Crippen molar-refractivity contribution in [1.82, 2.24) is 15.2 Å². The minimum Gasteiger partial charge on any atom is -0.493 e. The highest BCUT2D eigenvalue weighted by molar-refractivity contribution is 14.0. The van der Waals surface area contributed by atoms with E-state index in [1.807, 2.05) is 18.4 Å². The Bertz CT molecular complexity index is 892. The Morgan fingerprint density at radius 1 is 1.13 bits per heavy atom. The van der Waals surface area contributed by atoms with E-state index in [4.69, 9.17) is 14.5 Å². The Hall–Kier alpha value is -1.55. The van der Waals surface area contributed by atoms with Gasteiger partial charge in [0, 0.05) is 38.0 Å². The highest BCUT2D eigenvalue weighted by atomic mass is 127. The van der Waals surface area contributed by atoms with Crippen LogP contribution < -0.4 is 14.8 Å². The molecule has 0 fully saturated rings. The van der Waals surface area contributed by atoms with Crippen LogP contribution in [0.25, 0.3) is 0 Å². The number of thiazole rings is 1. The van der Waals surface area contributed by atoms with Gasteiger partial charge in [0.2, 0.25) is 0 Å². The molecular weight excluding hydrogens is 523 g/mol. The second kappa shape index (κ2) is 11.4. The molecule has 2 aliphatic rings. The van der Waals surface area contributed by atoms with Crippen molar-refractivity contribution in [3.63, 3.8) is 0 Å². The molecule has 0 radical (unpaired) electrons. The van der Waals surface area contributed by atoms with Crippen LogP contribution in [0.15, 0.2) is 17.1 Å². The molecule has 0 spiro atoms. The number of halogens is 1. The summed E-state index contributed by atoms with van der Waals surface area (Å²) in [6.07, 6.45) is 8.11. The number of rotatable bonds is 6. The van der Waals surface area contributed by atoms with Crippen LogP contribution in [0.1, 0.15) is 46.0 Å². The SMILES string of the molecule is CN=C(NCCCc1nc2c(s1)CCCC2)N1CCc2cc(OC)c(OC)cc2C1.I. The number of nitrogens with one attached hydrogen (secondary N) is 1. The maximum atomic E-state index is 5.48. The summed E-state index contributed by atoms with van der Waals surface area (Å²) >= 11 is 1.93. The van der Waals surface area contributed by atoms with Crippen LogP contribution in [-0.2, 0) is 32.2 Å². The third kappa shape index (κ3) is 5.63. The second-order valence-electron chi connectivity index (χ2n) is 7.91. The van der Waals surface area contributed by atoms with Gasteiger partial charge in [0.15, 0.2) is 17.5 Å². The first kappa shape index (κ1) is 24.1. The van der Waals surface area contributed by atoms with Gasteiger partial charge in [-0.2, -0.15) is 0 Å². The van der Waals surface area contributed by atoms with Gasteiger partial charge in [0.25, 0.3) is 0 Å². The van der Waals surface area contributed by atoms with Gasteiger partial charge in [-0.1, -0.05) is 0 Å². The Morgan fingerprint density at radius 3 is 2.58 bits per heavy atom. The lowest BCUT2D eigenvalue weighted by Crippen LogP contribution is -2.44. The number of aromatic nitrogens is 1. The monoisotopic (exact) mass is 556 g/mol. The minimum absolute atomic E-state index is 0. The van der Waals surface area contributed by atoms with Gasteiger partial charge in [0.05, 0.1) is 24.9 Å². The topological polar surface area (TPSA) is 59.0 Å².